The summed E-state index contributed by atoms with van der Waals surface area (Å²) in [7, 11) is 0. The van der Waals surface area contributed by atoms with Gasteiger partial charge in [0.05, 0.1) is 11.0 Å². The normalized spacial score (nSPS) is 11.8. The molecule has 0 saturated carbocycles. The Bertz CT molecular complexity index is 2300. The number of rotatable bonds is 12. The lowest BCUT2D eigenvalue weighted by Gasteiger charge is -2.18. The van der Waals surface area contributed by atoms with Gasteiger partial charge in [-0.15, -0.1) is 26.3 Å². The van der Waals surface area contributed by atoms with Crippen molar-refractivity contribution in [2.45, 2.75) is 80.3 Å². The number of nitrogens with zero attached hydrogens (tertiary/aromatic N) is 2. The fourth-order valence-electron chi connectivity index (χ4n) is 6.48. The lowest BCUT2D eigenvalue weighted by molar-refractivity contribution is -0.275. The van der Waals surface area contributed by atoms with E-state index >= 15 is 0 Å². The molecule has 0 aliphatic rings. The summed E-state index contributed by atoms with van der Waals surface area (Å²) >= 11 is 0. The fraction of sp³-hybridized carbons (Fsp3) is 0.279. The third-order valence-corrected chi connectivity index (χ3v) is 9.43. The monoisotopic (exact) mass is 808 g/mol. The van der Waals surface area contributed by atoms with Crippen molar-refractivity contribution in [3.63, 3.8) is 0 Å². The summed E-state index contributed by atoms with van der Waals surface area (Å²) in [5, 5.41) is 1.29. The Balaban J connectivity index is 1.22. The molecule has 0 unspecified atom stereocenters. The maximum atomic E-state index is 13.3. The SMILES string of the molecule is CCc1nc2cc(C)c(Oc3ccc(OC(F)(F)F)cc3)cc2c(COC(=O)OCc2c(C)c(CC)nc3cc(C)c(Oc4ccc(OC(F)(F)F)cc4)cc23)c1C. The number of hydrogen-bond acceptors (Lipinski definition) is 9. The second-order valence-corrected chi connectivity index (χ2v) is 13.4. The maximum absolute atomic E-state index is 13.3. The summed E-state index contributed by atoms with van der Waals surface area (Å²) < 4.78 is 107. The van der Waals surface area contributed by atoms with Gasteiger partial charge in [-0.1, -0.05) is 13.8 Å². The van der Waals surface area contributed by atoms with Crippen LogP contribution in [0.2, 0.25) is 0 Å². The van der Waals surface area contributed by atoms with E-state index in [0.29, 0.717) is 57.3 Å². The average Bonchev–Trinajstić information content (AvgIpc) is 3.15. The molecule has 0 saturated heterocycles. The van der Waals surface area contributed by atoms with Gasteiger partial charge in [0, 0.05) is 33.3 Å². The number of pyridine rings is 2. The van der Waals surface area contributed by atoms with E-state index in [0.717, 1.165) is 57.9 Å². The van der Waals surface area contributed by atoms with Crippen molar-refractivity contribution in [2.75, 3.05) is 0 Å². The highest BCUT2D eigenvalue weighted by Gasteiger charge is 2.32. The van der Waals surface area contributed by atoms with Crippen LogP contribution in [0, 0.1) is 27.7 Å². The van der Waals surface area contributed by atoms with Crippen molar-refractivity contribution >= 4 is 28.0 Å². The zero-order chi connectivity index (χ0) is 41.9. The van der Waals surface area contributed by atoms with E-state index in [1.165, 1.54) is 24.3 Å². The van der Waals surface area contributed by atoms with Gasteiger partial charge < -0.3 is 28.4 Å². The van der Waals surface area contributed by atoms with E-state index in [-0.39, 0.29) is 36.2 Å². The van der Waals surface area contributed by atoms with Gasteiger partial charge in [-0.3, -0.25) is 9.97 Å². The van der Waals surface area contributed by atoms with Crippen molar-refractivity contribution in [1.29, 1.82) is 0 Å². The van der Waals surface area contributed by atoms with E-state index in [9.17, 15) is 31.1 Å². The second-order valence-electron chi connectivity index (χ2n) is 13.4. The van der Waals surface area contributed by atoms with Crippen LogP contribution in [-0.4, -0.2) is 28.8 Å². The Hall–Kier alpha value is -6.25. The van der Waals surface area contributed by atoms with Gasteiger partial charge in [-0.25, -0.2) is 4.79 Å². The van der Waals surface area contributed by atoms with E-state index < -0.39 is 18.9 Å². The molecule has 15 heteroatoms. The number of fused-ring (bicyclic) bond motifs is 2. The molecule has 0 radical (unpaired) electrons. The smallest absolute Gasteiger partial charge is 0.457 e. The number of carbonyl (C=O) groups is 1. The fourth-order valence-corrected chi connectivity index (χ4v) is 6.48. The van der Waals surface area contributed by atoms with Crippen LogP contribution in [-0.2, 0) is 35.5 Å². The van der Waals surface area contributed by atoms with Crippen molar-refractivity contribution < 1.29 is 59.6 Å². The zero-order valence-electron chi connectivity index (χ0n) is 32.3. The third kappa shape index (κ3) is 9.82. The predicted octanol–water partition coefficient (Wildman–Crippen LogP) is 12.4. The van der Waals surface area contributed by atoms with Crippen LogP contribution >= 0.6 is 0 Å². The molecule has 0 amide bonds. The number of carbonyl (C=O) groups excluding carboxylic acids is 1. The highest BCUT2D eigenvalue weighted by atomic mass is 19.4. The molecule has 0 bridgehead atoms. The Morgan fingerprint density at radius 1 is 0.552 bits per heavy atom. The first-order valence-electron chi connectivity index (χ1n) is 18.1. The Morgan fingerprint density at radius 2 is 0.897 bits per heavy atom. The lowest BCUT2D eigenvalue weighted by atomic mass is 9.99. The van der Waals surface area contributed by atoms with E-state index in [4.69, 9.17) is 28.9 Å². The van der Waals surface area contributed by atoms with Gasteiger partial charge in [0.25, 0.3) is 0 Å². The minimum Gasteiger partial charge on any atom is -0.457 e. The summed E-state index contributed by atoms with van der Waals surface area (Å²) in [5.74, 6) is 0.631. The number of hydrogen-bond donors (Lipinski definition) is 0. The topological polar surface area (TPSA) is 98.2 Å². The van der Waals surface area contributed by atoms with Crippen molar-refractivity contribution in [2.24, 2.45) is 0 Å². The molecule has 0 spiro atoms. The lowest BCUT2D eigenvalue weighted by Crippen LogP contribution is -2.16. The van der Waals surface area contributed by atoms with Gasteiger partial charge in [-0.05, 0) is 136 Å². The van der Waals surface area contributed by atoms with E-state index in [2.05, 4.69) is 9.47 Å². The maximum Gasteiger partial charge on any atom is 0.573 e. The van der Waals surface area contributed by atoms with Crippen LogP contribution in [0.25, 0.3) is 21.8 Å². The Morgan fingerprint density at radius 3 is 1.22 bits per heavy atom. The molecular formula is C43H38F6N2O7. The van der Waals surface area contributed by atoms with Crippen LogP contribution in [0.3, 0.4) is 0 Å². The van der Waals surface area contributed by atoms with Gasteiger partial charge in [0.2, 0.25) is 0 Å². The van der Waals surface area contributed by atoms with E-state index in [1.54, 1.807) is 12.1 Å². The van der Waals surface area contributed by atoms with Crippen molar-refractivity contribution in [1.82, 2.24) is 9.97 Å². The largest absolute Gasteiger partial charge is 0.573 e. The molecule has 9 nitrogen and oxygen atoms in total. The number of benzene rings is 4. The Kier molecular flexibility index (Phi) is 11.9. The molecule has 2 aromatic heterocycles. The molecule has 4 aromatic carbocycles. The second kappa shape index (κ2) is 16.7. The molecule has 58 heavy (non-hydrogen) atoms. The molecule has 0 aliphatic carbocycles. The molecule has 0 atom stereocenters. The molecule has 2 heterocycles. The van der Waals surface area contributed by atoms with Crippen LogP contribution in [0.5, 0.6) is 34.5 Å². The first-order valence-corrected chi connectivity index (χ1v) is 18.1. The first kappa shape index (κ1) is 41.4. The standard InChI is InChI=1S/C43H38F6N2O7/c1-7-35-25(5)33(31-19-39(23(3)17-37(31)50-35)55-27-9-13-29(14-10-27)57-42(44,45)46)21-53-41(52)54-22-34-26(6)36(8-2)51-38-18-24(4)40(20-32(34)38)56-28-11-15-30(16-12-28)58-43(47,48)49/h9-20H,7-8,21-22H2,1-6H3. The van der Waals surface area contributed by atoms with Gasteiger partial charge in [0.1, 0.15) is 47.7 Å². The summed E-state index contributed by atoms with van der Waals surface area (Å²) in [6.07, 6.45) is -9.36. The summed E-state index contributed by atoms with van der Waals surface area (Å²) in [6.45, 7) is 11.0. The summed E-state index contributed by atoms with van der Waals surface area (Å²) in [5.41, 5.74) is 7.28. The van der Waals surface area contributed by atoms with E-state index in [1.807, 2.05) is 53.7 Å². The Labute approximate surface area is 329 Å². The van der Waals surface area contributed by atoms with Crippen LogP contribution < -0.4 is 18.9 Å². The summed E-state index contributed by atoms with van der Waals surface area (Å²) in [4.78, 5) is 22.9. The summed E-state index contributed by atoms with van der Waals surface area (Å²) in [6, 6.07) is 17.2. The van der Waals surface area contributed by atoms with Crippen LogP contribution in [0.1, 0.15) is 58.6 Å². The van der Waals surface area contributed by atoms with Gasteiger partial charge in [-0.2, -0.15) is 0 Å². The number of ether oxygens (including phenoxy) is 6. The molecule has 0 fully saturated rings. The number of alkyl halides is 6. The first-order chi connectivity index (χ1) is 27.4. The molecule has 0 N–H and O–H groups in total. The van der Waals surface area contributed by atoms with Gasteiger partial charge >= 0.3 is 18.9 Å². The van der Waals surface area contributed by atoms with Crippen molar-refractivity contribution in [3.8, 4) is 34.5 Å². The molecule has 6 aromatic rings. The third-order valence-electron chi connectivity index (χ3n) is 9.43. The average molecular weight is 809 g/mol. The van der Waals surface area contributed by atoms with Crippen LogP contribution in [0.15, 0.2) is 72.8 Å². The minimum atomic E-state index is -4.82. The minimum absolute atomic E-state index is 0.164. The van der Waals surface area contributed by atoms with Gasteiger partial charge in [0.15, 0.2) is 0 Å². The number of halogens is 6. The highest BCUT2D eigenvalue weighted by molar-refractivity contribution is 5.87. The quantitative estimate of drug-likeness (QED) is 0.0884. The van der Waals surface area contributed by atoms with Crippen molar-refractivity contribution in [3.05, 3.63) is 118 Å². The molecule has 304 valence electrons. The highest BCUT2D eigenvalue weighted by Crippen LogP contribution is 2.36. The molecular weight excluding hydrogens is 770 g/mol. The molecule has 0 aliphatic heterocycles. The predicted molar refractivity (Wildman–Crippen MR) is 203 cm³/mol. The number of aryl methyl sites for hydroxylation is 4. The van der Waals surface area contributed by atoms with Crippen LogP contribution in [0.4, 0.5) is 31.1 Å². The molecule has 6 rings (SSSR count). The number of aromatic nitrogens is 2. The zero-order valence-corrected chi connectivity index (χ0v) is 32.3.